The fourth-order valence-electron chi connectivity index (χ4n) is 8.13. The van der Waals surface area contributed by atoms with Crippen LogP contribution in [0.1, 0.15) is 142 Å². The van der Waals surface area contributed by atoms with Crippen LogP contribution in [-0.4, -0.2) is 45.1 Å². The zero-order valence-corrected chi connectivity index (χ0v) is 37.4. The number of ether oxygens (including phenoxy) is 2. The third-order valence-corrected chi connectivity index (χ3v) is 13.0. The number of nitrogens with one attached hydrogen (secondary N) is 2. The number of carbonyl (C=O) groups excluding carboxylic acids is 3. The lowest BCUT2D eigenvalue weighted by Crippen LogP contribution is -2.45. The minimum absolute atomic E-state index is 0.0243. The van der Waals surface area contributed by atoms with E-state index in [9.17, 15) is 24.3 Å². The fourth-order valence-corrected chi connectivity index (χ4v) is 8.13. The Labute approximate surface area is 355 Å². The molecule has 1 heterocycles. The van der Waals surface area contributed by atoms with Gasteiger partial charge in [0.1, 0.15) is 11.5 Å². The molecule has 3 N–H and O–H groups in total. The highest BCUT2D eigenvalue weighted by Gasteiger charge is 2.45. The maximum atomic E-state index is 14.7. The van der Waals surface area contributed by atoms with Crippen molar-refractivity contribution in [1.29, 1.82) is 0 Å². The molecule has 1 aliphatic carbocycles. The molecule has 2 unspecified atom stereocenters. The summed E-state index contributed by atoms with van der Waals surface area (Å²) in [7, 11) is 1.45. The largest absolute Gasteiger partial charge is 0.495 e. The van der Waals surface area contributed by atoms with Gasteiger partial charge in [0.25, 0.3) is 11.8 Å². The van der Waals surface area contributed by atoms with Crippen molar-refractivity contribution in [3.05, 3.63) is 99.6 Å². The highest BCUT2D eigenvalue weighted by atomic mass is 16.5. The molecule has 0 bridgehead atoms. The number of aromatic nitrogens is 2. The molecule has 1 fully saturated rings. The summed E-state index contributed by atoms with van der Waals surface area (Å²) in [6.45, 7) is 18.8. The molecule has 0 radical (unpaired) electrons. The Kier molecular flexibility index (Phi) is 14.4. The summed E-state index contributed by atoms with van der Waals surface area (Å²) >= 11 is 0. The number of anilines is 2. The number of amides is 2. The van der Waals surface area contributed by atoms with Crippen LogP contribution in [0.25, 0.3) is 0 Å². The fraction of sp³-hybridized carbons (Fsp3) is 0.510. The SMILES string of the molecule is CCc1c(O)n(C(C(=O)Nc2cc(NC(=O)C(CC)Oc3ccc(C(C)(C)CC)cc3C(C)(C)CC)ccc2OC)C(=O)C2(C)CCCCC2)c(=O)n1Cc1ccccc1. The zero-order valence-electron chi connectivity index (χ0n) is 37.4. The Morgan fingerprint density at radius 1 is 0.833 bits per heavy atom. The first-order valence-corrected chi connectivity index (χ1v) is 21.7. The van der Waals surface area contributed by atoms with Crippen LogP contribution in [0.3, 0.4) is 0 Å². The van der Waals surface area contributed by atoms with Crippen molar-refractivity contribution in [3.63, 3.8) is 0 Å². The summed E-state index contributed by atoms with van der Waals surface area (Å²) in [6, 6.07) is 18.8. The third-order valence-electron chi connectivity index (χ3n) is 13.0. The number of imidazole rings is 1. The molecule has 0 aliphatic heterocycles. The maximum Gasteiger partial charge on any atom is 0.332 e. The Morgan fingerprint density at radius 2 is 1.48 bits per heavy atom. The van der Waals surface area contributed by atoms with Gasteiger partial charge in [0.05, 0.1) is 25.0 Å². The first-order chi connectivity index (χ1) is 28.4. The lowest BCUT2D eigenvalue weighted by Gasteiger charge is -2.34. The van der Waals surface area contributed by atoms with Gasteiger partial charge in [-0.1, -0.05) is 124 Å². The van der Waals surface area contributed by atoms with Gasteiger partial charge in [0.2, 0.25) is 5.88 Å². The molecule has 0 saturated heterocycles. The number of Topliss-reactive ketones (excluding diaryl/α,β-unsaturated/α-hetero) is 1. The van der Waals surface area contributed by atoms with Crippen molar-refractivity contribution in [2.45, 2.75) is 150 Å². The smallest absolute Gasteiger partial charge is 0.332 e. The average Bonchev–Trinajstić information content (AvgIpc) is 3.47. The summed E-state index contributed by atoms with van der Waals surface area (Å²) in [5.74, 6) is -1.11. The quantitative estimate of drug-likeness (QED) is 0.0849. The van der Waals surface area contributed by atoms with Crippen molar-refractivity contribution in [1.82, 2.24) is 9.13 Å². The van der Waals surface area contributed by atoms with E-state index in [1.54, 1.807) is 18.2 Å². The highest BCUT2D eigenvalue weighted by molar-refractivity contribution is 6.11. The summed E-state index contributed by atoms with van der Waals surface area (Å²) < 4.78 is 14.5. The number of ketones is 1. The number of carbonyl (C=O) groups is 3. The molecule has 3 aromatic carbocycles. The molecule has 5 rings (SSSR count). The molecule has 11 heteroatoms. The standard InChI is InChI=1S/C49H66N4O7/c1-11-37-45(57)53(46(58)52(37)31-32-21-17-15-18-22-32)41(42(54)49(9)27-19-16-20-28-49)44(56)51-36-30-34(24-26-40(36)59-10)50-43(55)38(12-2)60-39-25-23-33(47(5,6)13-3)29-35(39)48(7,8)14-4/h15,17-18,21-26,29-30,38,41,57H,11-14,16,19-20,27-28,31H2,1-10H3,(H,50,55)(H,51,56). The van der Waals surface area contributed by atoms with Gasteiger partial charge < -0.3 is 25.2 Å². The summed E-state index contributed by atoms with van der Waals surface area (Å²) in [5.41, 5.74) is 2.16. The molecule has 2 atom stereocenters. The number of aromatic hydroxyl groups is 1. The van der Waals surface area contributed by atoms with E-state index in [0.29, 0.717) is 42.8 Å². The van der Waals surface area contributed by atoms with Gasteiger partial charge in [-0.05, 0) is 84.7 Å². The van der Waals surface area contributed by atoms with Crippen molar-refractivity contribution >= 4 is 29.0 Å². The van der Waals surface area contributed by atoms with Gasteiger partial charge >= 0.3 is 5.69 Å². The topological polar surface area (TPSA) is 141 Å². The minimum Gasteiger partial charge on any atom is -0.495 e. The molecule has 2 amide bonds. The van der Waals surface area contributed by atoms with Gasteiger partial charge in [-0.15, -0.1) is 0 Å². The van der Waals surface area contributed by atoms with E-state index in [2.05, 4.69) is 64.3 Å². The summed E-state index contributed by atoms with van der Waals surface area (Å²) in [6.07, 6.45) is 5.41. The van der Waals surface area contributed by atoms with E-state index in [1.165, 1.54) is 17.2 Å². The number of benzene rings is 3. The lowest BCUT2D eigenvalue weighted by atomic mass is 9.70. The van der Waals surface area contributed by atoms with E-state index in [-0.39, 0.29) is 34.7 Å². The van der Waals surface area contributed by atoms with Crippen molar-refractivity contribution in [2.24, 2.45) is 5.41 Å². The van der Waals surface area contributed by atoms with Gasteiger partial charge in [0.15, 0.2) is 17.9 Å². The summed E-state index contributed by atoms with van der Waals surface area (Å²) in [5, 5.41) is 17.5. The normalized spacial score (nSPS) is 15.2. The molecule has 60 heavy (non-hydrogen) atoms. The molecule has 1 aliphatic rings. The van der Waals surface area contributed by atoms with Gasteiger partial charge in [-0.3, -0.25) is 19.0 Å². The van der Waals surface area contributed by atoms with Crippen LogP contribution in [0.15, 0.2) is 71.5 Å². The number of hydrogen-bond acceptors (Lipinski definition) is 7. The Balaban J connectivity index is 1.48. The van der Waals surface area contributed by atoms with E-state index < -0.39 is 40.8 Å². The minimum atomic E-state index is -1.68. The first kappa shape index (κ1) is 45.8. The Bertz CT molecular complexity index is 2210. The van der Waals surface area contributed by atoms with E-state index in [1.807, 2.05) is 57.2 Å². The Morgan fingerprint density at radius 3 is 2.08 bits per heavy atom. The lowest BCUT2D eigenvalue weighted by molar-refractivity contribution is -0.138. The molecule has 324 valence electrons. The van der Waals surface area contributed by atoms with Gasteiger partial charge in [0, 0.05) is 16.7 Å². The number of methoxy groups -OCH3 is 1. The van der Waals surface area contributed by atoms with Crippen molar-refractivity contribution in [3.8, 4) is 17.4 Å². The maximum absolute atomic E-state index is 14.7. The van der Waals surface area contributed by atoms with E-state index >= 15 is 0 Å². The van der Waals surface area contributed by atoms with Crippen LogP contribution in [-0.2, 0) is 38.2 Å². The van der Waals surface area contributed by atoms with Crippen molar-refractivity contribution in [2.75, 3.05) is 17.7 Å². The molecular formula is C49H66N4O7. The Hall–Kier alpha value is -5.32. The second kappa shape index (κ2) is 18.9. The second-order valence-corrected chi connectivity index (χ2v) is 17.8. The molecule has 1 saturated carbocycles. The van der Waals surface area contributed by atoms with Crippen LogP contribution >= 0.6 is 0 Å². The van der Waals surface area contributed by atoms with Crippen LogP contribution in [0.4, 0.5) is 11.4 Å². The van der Waals surface area contributed by atoms with Gasteiger partial charge in [-0.25, -0.2) is 9.36 Å². The predicted molar refractivity (Wildman–Crippen MR) is 239 cm³/mol. The molecule has 4 aromatic rings. The molecule has 0 spiro atoms. The first-order valence-electron chi connectivity index (χ1n) is 21.7. The third kappa shape index (κ3) is 9.66. The number of nitrogens with zero attached hydrogens (tertiary/aromatic N) is 2. The second-order valence-electron chi connectivity index (χ2n) is 17.8. The zero-order chi connectivity index (χ0) is 44.0. The average molecular weight is 823 g/mol. The monoisotopic (exact) mass is 822 g/mol. The number of hydrogen-bond donors (Lipinski definition) is 3. The van der Waals surface area contributed by atoms with E-state index in [0.717, 1.165) is 47.8 Å². The van der Waals surface area contributed by atoms with Crippen LogP contribution < -0.4 is 25.8 Å². The summed E-state index contributed by atoms with van der Waals surface area (Å²) in [4.78, 5) is 57.6. The number of rotatable bonds is 18. The van der Waals surface area contributed by atoms with Crippen LogP contribution in [0, 0.1) is 5.41 Å². The highest BCUT2D eigenvalue weighted by Crippen LogP contribution is 2.42. The van der Waals surface area contributed by atoms with Crippen molar-refractivity contribution < 1.29 is 29.0 Å². The van der Waals surface area contributed by atoms with Crippen LogP contribution in [0.2, 0.25) is 0 Å². The predicted octanol–water partition coefficient (Wildman–Crippen LogP) is 9.87. The molecule has 1 aromatic heterocycles. The molecular weight excluding hydrogens is 757 g/mol. The van der Waals surface area contributed by atoms with E-state index in [4.69, 9.17) is 9.47 Å². The van der Waals surface area contributed by atoms with Gasteiger partial charge in [-0.2, -0.15) is 0 Å². The molecule has 11 nitrogen and oxygen atoms in total. The van der Waals surface area contributed by atoms with Crippen LogP contribution in [0.5, 0.6) is 17.4 Å².